The maximum absolute atomic E-state index is 13.1. The molecule has 39 heavy (non-hydrogen) atoms. The van der Waals surface area contributed by atoms with Crippen LogP contribution in [0.2, 0.25) is 0 Å². The number of hydrogen-bond donors (Lipinski definition) is 1. The molecule has 1 amide bonds. The lowest BCUT2D eigenvalue weighted by atomic mass is 9.88. The molecule has 5 rings (SSSR count). The third-order valence-electron chi connectivity index (χ3n) is 7.00. The van der Waals surface area contributed by atoms with Gasteiger partial charge in [0.25, 0.3) is 0 Å². The van der Waals surface area contributed by atoms with Crippen molar-refractivity contribution < 1.29 is 9.90 Å². The van der Waals surface area contributed by atoms with Gasteiger partial charge in [0.15, 0.2) is 0 Å². The smallest absolute Gasteiger partial charge is 0.226 e. The molecule has 0 spiro atoms. The molecule has 5 heteroatoms. The van der Waals surface area contributed by atoms with Gasteiger partial charge in [-0.3, -0.25) is 4.79 Å². The number of imidazole rings is 1. The van der Waals surface area contributed by atoms with Crippen LogP contribution in [-0.4, -0.2) is 38.6 Å². The number of aliphatic hydroxyl groups is 1. The number of hydrogen-bond acceptors (Lipinski definition) is 3. The molecule has 0 unspecified atom stereocenters. The molecule has 1 N–H and O–H groups in total. The van der Waals surface area contributed by atoms with Crippen molar-refractivity contribution in [2.75, 3.05) is 13.1 Å². The van der Waals surface area contributed by atoms with Gasteiger partial charge in [-0.2, -0.15) is 0 Å². The van der Waals surface area contributed by atoms with Crippen LogP contribution in [0.3, 0.4) is 0 Å². The van der Waals surface area contributed by atoms with Gasteiger partial charge in [0.1, 0.15) is 11.4 Å². The summed E-state index contributed by atoms with van der Waals surface area (Å²) in [6, 6.07) is 26.6. The highest BCUT2D eigenvalue weighted by Crippen LogP contribution is 2.34. The van der Waals surface area contributed by atoms with E-state index in [0.29, 0.717) is 38.0 Å². The van der Waals surface area contributed by atoms with Gasteiger partial charge >= 0.3 is 0 Å². The van der Waals surface area contributed by atoms with Crippen LogP contribution in [0.1, 0.15) is 57.4 Å². The van der Waals surface area contributed by atoms with E-state index in [1.165, 1.54) is 5.56 Å². The first kappa shape index (κ1) is 29.9. The number of nitrogens with zero attached hydrogens (tertiary/aromatic N) is 3. The minimum Gasteiger partial charge on any atom is -0.383 e. The molecule has 3 aromatic carbocycles. The molecular formula is C34H43N3O2. The first-order valence-electron chi connectivity index (χ1n) is 14.2. The van der Waals surface area contributed by atoms with Gasteiger partial charge in [0, 0.05) is 31.9 Å². The lowest BCUT2D eigenvalue weighted by Gasteiger charge is -2.37. The van der Waals surface area contributed by atoms with Crippen molar-refractivity contribution in [2.45, 2.75) is 59.5 Å². The normalized spacial score (nSPS) is 14.0. The molecule has 2 heterocycles. The van der Waals surface area contributed by atoms with Gasteiger partial charge in [-0.1, -0.05) is 112 Å². The van der Waals surface area contributed by atoms with Crippen LogP contribution in [0.5, 0.6) is 0 Å². The maximum Gasteiger partial charge on any atom is 0.226 e. The molecule has 0 bridgehead atoms. The molecule has 206 valence electrons. The average molecular weight is 526 g/mol. The largest absolute Gasteiger partial charge is 0.383 e. The Morgan fingerprint density at radius 3 is 2.10 bits per heavy atom. The van der Waals surface area contributed by atoms with Crippen LogP contribution in [0.4, 0.5) is 0 Å². The number of carbonyl (C=O) groups excluding carboxylic acids is 1. The van der Waals surface area contributed by atoms with Crippen molar-refractivity contribution in [3.8, 4) is 22.5 Å². The Morgan fingerprint density at radius 1 is 0.846 bits per heavy atom. The predicted octanol–water partition coefficient (Wildman–Crippen LogP) is 7.17. The van der Waals surface area contributed by atoms with E-state index in [4.69, 9.17) is 4.98 Å². The molecular weight excluding hydrogens is 482 g/mol. The minimum atomic E-state index is -1.02. The summed E-state index contributed by atoms with van der Waals surface area (Å²) in [7, 11) is 1.96. The molecule has 1 aliphatic rings. The highest BCUT2D eigenvalue weighted by molar-refractivity contribution is 5.79. The molecule has 0 atom stereocenters. The van der Waals surface area contributed by atoms with Crippen LogP contribution in [-0.2, 0) is 23.9 Å². The van der Waals surface area contributed by atoms with Gasteiger partial charge < -0.3 is 14.6 Å². The molecule has 1 saturated heterocycles. The monoisotopic (exact) mass is 525 g/mol. The summed E-state index contributed by atoms with van der Waals surface area (Å²) in [5, 5.41) is 11.4. The van der Waals surface area contributed by atoms with Crippen molar-refractivity contribution in [3.63, 3.8) is 0 Å². The summed E-state index contributed by atoms with van der Waals surface area (Å²) >= 11 is 0. The van der Waals surface area contributed by atoms with Crippen LogP contribution >= 0.6 is 0 Å². The van der Waals surface area contributed by atoms with Crippen LogP contribution in [0.15, 0.2) is 85.1 Å². The van der Waals surface area contributed by atoms with Crippen molar-refractivity contribution in [1.82, 2.24) is 14.5 Å². The minimum absolute atomic E-state index is 0.0960. The number of likely N-dealkylation sites (tertiary alicyclic amines) is 1. The summed E-state index contributed by atoms with van der Waals surface area (Å²) in [5.41, 5.74) is 5.14. The second-order valence-electron chi connectivity index (χ2n) is 9.58. The average Bonchev–Trinajstić information content (AvgIpc) is 3.39. The van der Waals surface area contributed by atoms with Crippen molar-refractivity contribution in [3.05, 3.63) is 102 Å². The fourth-order valence-corrected chi connectivity index (χ4v) is 4.82. The highest BCUT2D eigenvalue weighted by Gasteiger charge is 2.37. The van der Waals surface area contributed by atoms with Gasteiger partial charge in [-0.15, -0.1) is 0 Å². The Bertz CT molecular complexity index is 1320. The molecule has 1 aliphatic heterocycles. The Hall–Kier alpha value is -3.70. The van der Waals surface area contributed by atoms with Crippen LogP contribution in [0.25, 0.3) is 22.5 Å². The second-order valence-corrected chi connectivity index (χ2v) is 9.58. The topological polar surface area (TPSA) is 58.4 Å². The Labute approximate surface area is 234 Å². The fourth-order valence-electron chi connectivity index (χ4n) is 4.82. The number of carbonyl (C=O) groups is 1. The Balaban J connectivity index is 0.00000100. The van der Waals surface area contributed by atoms with E-state index in [9.17, 15) is 9.90 Å². The number of aryl methyl sites for hydroxylation is 2. The van der Waals surface area contributed by atoms with E-state index in [2.05, 4.69) is 55.5 Å². The van der Waals surface area contributed by atoms with Gasteiger partial charge in [-0.25, -0.2) is 4.98 Å². The Kier molecular flexibility index (Phi) is 10.6. The molecule has 1 fully saturated rings. The quantitative estimate of drug-likeness (QED) is 0.301. The van der Waals surface area contributed by atoms with Gasteiger partial charge in [0.2, 0.25) is 5.91 Å². The SMILES string of the molecule is CC.CC.Cc1ccc(-c2nc(C3(O)CCN(C(=O)Cc4cccc(-c5ccccc5)c4)CC3)cn2C)cc1. The lowest BCUT2D eigenvalue weighted by Crippen LogP contribution is -2.45. The number of piperidine rings is 1. The van der Waals surface area contributed by atoms with E-state index < -0.39 is 5.60 Å². The van der Waals surface area contributed by atoms with Gasteiger partial charge in [0.05, 0.1) is 12.1 Å². The number of benzene rings is 3. The fraction of sp³-hybridized carbons (Fsp3) is 0.353. The highest BCUT2D eigenvalue weighted by atomic mass is 16.3. The van der Waals surface area contributed by atoms with E-state index >= 15 is 0 Å². The lowest BCUT2D eigenvalue weighted by molar-refractivity contribution is -0.135. The number of aromatic nitrogens is 2. The first-order valence-corrected chi connectivity index (χ1v) is 14.2. The Morgan fingerprint density at radius 2 is 1.46 bits per heavy atom. The zero-order valence-electron chi connectivity index (χ0n) is 24.3. The molecule has 4 aromatic rings. The van der Waals surface area contributed by atoms with Gasteiger partial charge in [-0.05, 0) is 36.5 Å². The number of amides is 1. The molecule has 0 saturated carbocycles. The zero-order valence-corrected chi connectivity index (χ0v) is 24.3. The predicted molar refractivity (Wildman–Crippen MR) is 161 cm³/mol. The van der Waals surface area contributed by atoms with E-state index in [1.807, 2.05) is 80.7 Å². The molecule has 1 aromatic heterocycles. The standard InChI is InChI=1S/C30H31N3O2.2C2H6/c1-22-11-13-25(14-12-22)29-31-27(21-32(29)2)30(35)15-17-33(18-16-30)28(34)20-23-7-6-10-26(19-23)24-8-4-3-5-9-24;2*1-2/h3-14,19,21,35H,15-18,20H2,1-2H3;2*1-2H3. The summed E-state index contributed by atoms with van der Waals surface area (Å²) in [6.45, 7) is 11.1. The third kappa shape index (κ3) is 7.24. The first-order chi connectivity index (χ1) is 18.9. The maximum atomic E-state index is 13.1. The van der Waals surface area contributed by atoms with E-state index in [1.54, 1.807) is 0 Å². The zero-order chi connectivity index (χ0) is 28.4. The van der Waals surface area contributed by atoms with Crippen molar-refractivity contribution >= 4 is 5.91 Å². The second kappa shape index (κ2) is 13.9. The molecule has 5 nitrogen and oxygen atoms in total. The summed E-state index contributed by atoms with van der Waals surface area (Å²) < 4.78 is 1.97. The van der Waals surface area contributed by atoms with Crippen LogP contribution < -0.4 is 0 Å². The van der Waals surface area contributed by atoms with E-state index in [-0.39, 0.29) is 5.91 Å². The molecule has 0 radical (unpaired) electrons. The van der Waals surface area contributed by atoms with Crippen molar-refractivity contribution in [2.24, 2.45) is 7.05 Å². The number of rotatable bonds is 5. The summed E-state index contributed by atoms with van der Waals surface area (Å²) in [6.07, 6.45) is 3.24. The summed E-state index contributed by atoms with van der Waals surface area (Å²) in [4.78, 5) is 19.7. The van der Waals surface area contributed by atoms with E-state index in [0.717, 1.165) is 28.1 Å². The summed E-state index contributed by atoms with van der Waals surface area (Å²) in [5.74, 6) is 0.934. The molecule has 0 aliphatic carbocycles. The van der Waals surface area contributed by atoms with Crippen LogP contribution in [0, 0.1) is 6.92 Å². The van der Waals surface area contributed by atoms with Crippen molar-refractivity contribution in [1.29, 1.82) is 0 Å². The third-order valence-corrected chi connectivity index (χ3v) is 7.00.